The molecular weight excluding hydrogens is 354 g/mol. The molecule has 1 aromatic rings. The second-order valence-corrected chi connectivity index (χ2v) is 8.04. The molecule has 2 saturated heterocycles. The fourth-order valence-electron chi connectivity index (χ4n) is 2.74. The summed E-state index contributed by atoms with van der Waals surface area (Å²) in [6.07, 6.45) is 1.83. The Morgan fingerprint density at radius 3 is 2.48 bits per heavy atom. The van der Waals surface area contributed by atoms with Crippen molar-refractivity contribution in [2.24, 2.45) is 0 Å². The van der Waals surface area contributed by atoms with Crippen LogP contribution in [0.2, 0.25) is 0 Å². The zero-order chi connectivity index (χ0) is 18.0. The number of carbonyl (C=O) groups excluding carboxylic acids is 2. The molecule has 2 heterocycles. The number of thiocarbonyl (C=S) groups is 1. The highest BCUT2D eigenvalue weighted by molar-refractivity contribution is 8.26. The molecule has 0 bridgehead atoms. The number of hydrogen-bond donors (Lipinski definition) is 0. The van der Waals surface area contributed by atoms with E-state index in [1.54, 1.807) is 0 Å². The minimum atomic E-state index is -0.182. The summed E-state index contributed by atoms with van der Waals surface area (Å²) in [5.41, 5.74) is 2.12. The van der Waals surface area contributed by atoms with E-state index in [1.807, 2.05) is 49.2 Å². The minimum absolute atomic E-state index is 0.0274. The highest BCUT2D eigenvalue weighted by Crippen LogP contribution is 2.32. The van der Waals surface area contributed by atoms with Crippen LogP contribution >= 0.6 is 24.0 Å². The van der Waals surface area contributed by atoms with E-state index in [2.05, 4.69) is 4.90 Å². The van der Waals surface area contributed by atoms with Gasteiger partial charge in [0.1, 0.15) is 10.9 Å². The Kier molecular flexibility index (Phi) is 5.56. The maximum atomic E-state index is 12.6. The maximum absolute atomic E-state index is 12.6. The van der Waals surface area contributed by atoms with Crippen LogP contribution in [0.3, 0.4) is 0 Å². The lowest BCUT2D eigenvalue weighted by Gasteiger charge is -2.33. The molecule has 7 heteroatoms. The van der Waals surface area contributed by atoms with Crippen LogP contribution in [-0.2, 0) is 9.59 Å². The van der Waals surface area contributed by atoms with Crippen LogP contribution in [0.25, 0.3) is 6.08 Å². The number of nitrogens with zero attached hydrogens (tertiary/aromatic N) is 3. The first kappa shape index (κ1) is 18.1. The number of rotatable bonds is 3. The van der Waals surface area contributed by atoms with Gasteiger partial charge in [0.2, 0.25) is 5.91 Å². The predicted molar refractivity (Wildman–Crippen MR) is 105 cm³/mol. The van der Waals surface area contributed by atoms with Gasteiger partial charge in [-0.3, -0.25) is 14.5 Å². The van der Waals surface area contributed by atoms with Crippen molar-refractivity contribution in [3.8, 4) is 0 Å². The summed E-state index contributed by atoms with van der Waals surface area (Å²) in [5, 5.41) is 0. The average Bonchev–Trinajstić information content (AvgIpc) is 2.85. The van der Waals surface area contributed by atoms with Crippen molar-refractivity contribution >= 4 is 46.2 Å². The lowest BCUT2D eigenvalue weighted by Crippen LogP contribution is -2.50. The molecular formula is C18H21N3O2S2. The highest BCUT2D eigenvalue weighted by Gasteiger charge is 2.34. The van der Waals surface area contributed by atoms with Crippen LogP contribution in [0, 0.1) is 6.92 Å². The molecule has 0 aromatic heterocycles. The molecule has 1 aromatic carbocycles. The maximum Gasteiger partial charge on any atom is 0.266 e. The van der Waals surface area contributed by atoms with Crippen molar-refractivity contribution in [3.05, 3.63) is 40.3 Å². The van der Waals surface area contributed by atoms with Gasteiger partial charge in [0, 0.05) is 26.2 Å². The lowest BCUT2D eigenvalue weighted by atomic mass is 10.1. The van der Waals surface area contributed by atoms with E-state index < -0.39 is 0 Å². The molecule has 2 aliphatic heterocycles. The Morgan fingerprint density at radius 1 is 1.20 bits per heavy atom. The van der Waals surface area contributed by atoms with E-state index in [0.29, 0.717) is 22.3 Å². The van der Waals surface area contributed by atoms with Crippen molar-refractivity contribution < 1.29 is 9.59 Å². The smallest absolute Gasteiger partial charge is 0.266 e. The van der Waals surface area contributed by atoms with Crippen molar-refractivity contribution in [1.29, 1.82) is 0 Å². The predicted octanol–water partition coefficient (Wildman–Crippen LogP) is 1.97. The van der Waals surface area contributed by atoms with Crippen LogP contribution in [0.1, 0.15) is 11.1 Å². The number of aryl methyl sites for hydroxylation is 1. The zero-order valence-corrected chi connectivity index (χ0v) is 16.0. The normalized spacial score (nSPS) is 20.6. The molecule has 0 atom stereocenters. The molecule has 0 saturated carbocycles. The average molecular weight is 376 g/mol. The third-order valence-corrected chi connectivity index (χ3v) is 5.78. The monoisotopic (exact) mass is 375 g/mol. The largest absolute Gasteiger partial charge is 0.339 e. The van der Waals surface area contributed by atoms with E-state index in [0.717, 1.165) is 18.7 Å². The summed E-state index contributed by atoms with van der Waals surface area (Å²) in [6.45, 7) is 5.16. The summed E-state index contributed by atoms with van der Waals surface area (Å²) in [6, 6.07) is 7.95. The Balaban J connectivity index is 1.67. The number of benzene rings is 1. The van der Waals surface area contributed by atoms with Gasteiger partial charge in [-0.25, -0.2) is 0 Å². The number of likely N-dealkylation sites (N-methyl/N-ethyl adjacent to an activating group) is 1. The second-order valence-electron chi connectivity index (χ2n) is 6.36. The summed E-state index contributed by atoms with van der Waals surface area (Å²) >= 11 is 6.58. The zero-order valence-electron chi connectivity index (χ0n) is 14.4. The van der Waals surface area contributed by atoms with E-state index in [9.17, 15) is 9.59 Å². The van der Waals surface area contributed by atoms with E-state index in [-0.39, 0.29) is 18.4 Å². The van der Waals surface area contributed by atoms with Gasteiger partial charge in [-0.05, 0) is 25.6 Å². The first-order valence-corrected chi connectivity index (χ1v) is 9.45. The second kappa shape index (κ2) is 7.68. The molecule has 3 rings (SSSR count). The highest BCUT2D eigenvalue weighted by atomic mass is 32.2. The molecule has 2 fully saturated rings. The van der Waals surface area contributed by atoms with Crippen LogP contribution in [0.4, 0.5) is 0 Å². The van der Waals surface area contributed by atoms with Gasteiger partial charge in [0.15, 0.2) is 0 Å². The molecule has 0 N–H and O–H groups in total. The molecule has 132 valence electrons. The molecule has 2 aliphatic rings. The number of thioether (sulfide) groups is 1. The molecule has 0 unspecified atom stereocenters. The minimum Gasteiger partial charge on any atom is -0.339 e. The van der Waals surface area contributed by atoms with Gasteiger partial charge >= 0.3 is 0 Å². The molecule has 0 radical (unpaired) electrons. The summed E-state index contributed by atoms with van der Waals surface area (Å²) in [7, 11) is 2.04. The Hall–Kier alpha value is -1.70. The van der Waals surface area contributed by atoms with Crippen LogP contribution in [0.15, 0.2) is 29.2 Å². The van der Waals surface area contributed by atoms with Gasteiger partial charge in [0.25, 0.3) is 5.91 Å². The number of piperazine rings is 1. The van der Waals surface area contributed by atoms with Gasteiger partial charge < -0.3 is 9.80 Å². The standard InChI is InChI=1S/C18H21N3O2S2/c1-13-3-5-14(6-4-13)11-15-17(23)21(18(24)25-15)12-16(22)20-9-7-19(2)8-10-20/h3-6,11H,7-10,12H2,1-2H3/b15-11+. The van der Waals surface area contributed by atoms with Crippen LogP contribution in [-0.4, -0.2) is 70.6 Å². The molecule has 0 spiro atoms. The third-order valence-electron chi connectivity index (χ3n) is 4.40. The van der Waals surface area contributed by atoms with Gasteiger partial charge in [-0.15, -0.1) is 0 Å². The Labute approximate surface area is 157 Å². The van der Waals surface area contributed by atoms with Gasteiger partial charge in [-0.1, -0.05) is 53.8 Å². The van der Waals surface area contributed by atoms with Crippen LogP contribution in [0.5, 0.6) is 0 Å². The SMILES string of the molecule is Cc1ccc(/C=C2/SC(=S)N(CC(=O)N3CCN(C)CC3)C2=O)cc1. The molecule has 2 amide bonds. The number of carbonyl (C=O) groups is 2. The van der Waals surface area contributed by atoms with Crippen molar-refractivity contribution in [2.75, 3.05) is 39.8 Å². The summed E-state index contributed by atoms with van der Waals surface area (Å²) < 4.78 is 0.450. The van der Waals surface area contributed by atoms with Gasteiger partial charge in [-0.2, -0.15) is 0 Å². The molecule has 0 aliphatic carbocycles. The molecule has 25 heavy (non-hydrogen) atoms. The van der Waals surface area contributed by atoms with Crippen molar-refractivity contribution in [1.82, 2.24) is 14.7 Å². The Morgan fingerprint density at radius 2 is 1.84 bits per heavy atom. The fourth-order valence-corrected chi connectivity index (χ4v) is 4.00. The topological polar surface area (TPSA) is 43.9 Å². The number of hydrogen-bond acceptors (Lipinski definition) is 5. The number of amides is 2. The van der Waals surface area contributed by atoms with E-state index in [4.69, 9.17) is 12.2 Å². The van der Waals surface area contributed by atoms with Crippen molar-refractivity contribution in [3.63, 3.8) is 0 Å². The summed E-state index contributed by atoms with van der Waals surface area (Å²) in [4.78, 5) is 31.1. The fraction of sp³-hybridized carbons (Fsp3) is 0.389. The molecule has 5 nitrogen and oxygen atoms in total. The lowest BCUT2D eigenvalue weighted by molar-refractivity contribution is -0.136. The van der Waals surface area contributed by atoms with Gasteiger partial charge in [0.05, 0.1) is 4.91 Å². The Bertz CT molecular complexity index is 722. The van der Waals surface area contributed by atoms with E-state index in [1.165, 1.54) is 22.2 Å². The quantitative estimate of drug-likeness (QED) is 0.597. The van der Waals surface area contributed by atoms with Crippen LogP contribution < -0.4 is 0 Å². The first-order valence-electron chi connectivity index (χ1n) is 8.22. The first-order chi connectivity index (χ1) is 11.9. The van der Waals surface area contributed by atoms with E-state index >= 15 is 0 Å². The summed E-state index contributed by atoms with van der Waals surface area (Å²) in [5.74, 6) is -0.223. The van der Waals surface area contributed by atoms with Crippen molar-refractivity contribution in [2.45, 2.75) is 6.92 Å². The third kappa shape index (κ3) is 4.29.